The Kier molecular flexibility index (Phi) is 5.88. The highest BCUT2D eigenvalue weighted by atomic mass is 16.3. The summed E-state index contributed by atoms with van der Waals surface area (Å²) < 4.78 is 6.39. The van der Waals surface area contributed by atoms with Crippen LogP contribution >= 0.6 is 0 Å². The quantitative estimate of drug-likeness (QED) is 0.218. The van der Waals surface area contributed by atoms with E-state index in [0.29, 0.717) is 5.84 Å². The van der Waals surface area contributed by atoms with Gasteiger partial charge in [-0.1, -0.05) is 109 Å². The molecule has 2 aliphatic heterocycles. The molecule has 2 aliphatic rings. The lowest BCUT2D eigenvalue weighted by Crippen LogP contribution is -2.33. The molecule has 214 valence electrons. The molecule has 3 heterocycles. The summed E-state index contributed by atoms with van der Waals surface area (Å²) >= 11 is 0. The Morgan fingerprint density at radius 2 is 1.47 bits per heavy atom. The van der Waals surface area contributed by atoms with E-state index in [-0.39, 0.29) is 6.17 Å². The van der Waals surface area contributed by atoms with Crippen LogP contribution in [-0.2, 0) is 6.54 Å². The number of hydrogen-bond donors (Lipinski definition) is 2. The van der Waals surface area contributed by atoms with Gasteiger partial charge >= 0.3 is 0 Å². The third-order valence-corrected chi connectivity index (χ3v) is 8.79. The molecule has 0 radical (unpaired) electrons. The second kappa shape index (κ2) is 10.4. The van der Waals surface area contributed by atoms with Gasteiger partial charge in [-0.3, -0.25) is 0 Å². The van der Waals surface area contributed by atoms with Crippen LogP contribution in [0, 0.1) is 0 Å². The smallest absolute Gasteiger partial charge is 0.159 e. The van der Waals surface area contributed by atoms with Gasteiger partial charge in [0.15, 0.2) is 5.84 Å². The van der Waals surface area contributed by atoms with E-state index in [1.807, 2.05) is 36.5 Å². The molecule has 5 heteroatoms. The summed E-state index contributed by atoms with van der Waals surface area (Å²) in [5, 5.41) is 11.6. The van der Waals surface area contributed by atoms with E-state index in [0.717, 1.165) is 51.0 Å². The van der Waals surface area contributed by atoms with Crippen LogP contribution in [0.2, 0.25) is 0 Å². The van der Waals surface area contributed by atoms with Crippen molar-refractivity contribution >= 4 is 50.5 Å². The second-order valence-electron chi connectivity index (χ2n) is 11.5. The minimum atomic E-state index is -0.315. The fourth-order valence-electron chi connectivity index (χ4n) is 6.55. The summed E-state index contributed by atoms with van der Waals surface area (Å²) in [5.41, 5.74) is 9.57. The Balaban J connectivity index is 1.15. The third kappa shape index (κ3) is 4.40. The Labute approximate surface area is 260 Å². The molecular formula is C40H28N4O. The maximum Gasteiger partial charge on any atom is 0.159 e. The third-order valence-electron chi connectivity index (χ3n) is 8.79. The molecular weight excluding hydrogens is 552 g/mol. The summed E-state index contributed by atoms with van der Waals surface area (Å²) in [6.45, 7) is 0.789. The van der Waals surface area contributed by atoms with Gasteiger partial charge in [-0.15, -0.1) is 0 Å². The van der Waals surface area contributed by atoms with Crippen molar-refractivity contribution in [2.24, 2.45) is 9.98 Å². The zero-order valence-electron chi connectivity index (χ0n) is 24.4. The first-order valence-electron chi connectivity index (χ1n) is 15.2. The Hall–Kier alpha value is -5.94. The Morgan fingerprint density at radius 3 is 2.38 bits per heavy atom. The van der Waals surface area contributed by atoms with E-state index < -0.39 is 0 Å². The van der Waals surface area contributed by atoms with E-state index in [1.54, 1.807) is 0 Å². The van der Waals surface area contributed by atoms with Crippen molar-refractivity contribution in [3.63, 3.8) is 0 Å². The number of benzene rings is 6. The number of hydrogen-bond acceptors (Lipinski definition) is 5. The van der Waals surface area contributed by atoms with E-state index in [1.165, 1.54) is 33.0 Å². The molecule has 1 aromatic heterocycles. The second-order valence-corrected chi connectivity index (χ2v) is 11.5. The molecule has 0 fully saturated rings. The fraction of sp³-hybridized carbons (Fsp3) is 0.0500. The standard InChI is InChI=1S/C40H28N4O/c1-2-9-27(10-3-1)38-42-39(28-18-16-26(17-19-28)32-13-6-11-25-8-4-5-12-31(25)32)44-40(43-38)33-14-7-15-35-37(33)34-22-30-24-41-21-20-29(30)23-36(34)45-35/h1-23,39,41H,24H2,(H,42,43,44). The SMILES string of the molecule is C1=Cc2cc3oc4cccc(C5=NC(c6ccccc6)=NC(c6ccc(-c7cccc8ccccc78)cc6)N5)c4c3cc2CN1. The predicted molar refractivity (Wildman–Crippen MR) is 184 cm³/mol. The average molecular weight is 581 g/mol. The molecule has 9 rings (SSSR count). The van der Waals surface area contributed by atoms with Crippen molar-refractivity contribution in [3.05, 3.63) is 161 Å². The normalized spacial score (nSPS) is 15.8. The number of rotatable bonds is 4. The summed E-state index contributed by atoms with van der Waals surface area (Å²) in [5.74, 6) is 1.47. The first kappa shape index (κ1) is 25.5. The van der Waals surface area contributed by atoms with E-state index in [4.69, 9.17) is 14.4 Å². The molecule has 0 amide bonds. The first-order chi connectivity index (χ1) is 22.3. The molecule has 2 N–H and O–H groups in total. The summed E-state index contributed by atoms with van der Waals surface area (Å²) in [4.78, 5) is 10.2. The van der Waals surface area contributed by atoms with Gasteiger partial charge in [-0.05, 0) is 69.1 Å². The number of fused-ring (bicyclic) bond motifs is 5. The Bertz CT molecular complexity index is 2340. The van der Waals surface area contributed by atoms with Crippen LogP contribution in [0.5, 0.6) is 0 Å². The lowest BCUT2D eigenvalue weighted by atomic mass is 9.97. The van der Waals surface area contributed by atoms with Crippen molar-refractivity contribution in [1.82, 2.24) is 10.6 Å². The minimum absolute atomic E-state index is 0.315. The number of nitrogens with one attached hydrogen (secondary N) is 2. The maximum absolute atomic E-state index is 6.39. The molecule has 0 saturated heterocycles. The van der Waals surface area contributed by atoms with Crippen LogP contribution < -0.4 is 10.6 Å². The van der Waals surface area contributed by atoms with Gasteiger partial charge < -0.3 is 15.1 Å². The Morgan fingerprint density at radius 1 is 0.667 bits per heavy atom. The highest BCUT2D eigenvalue weighted by Crippen LogP contribution is 2.36. The van der Waals surface area contributed by atoms with Crippen molar-refractivity contribution < 1.29 is 4.42 Å². The van der Waals surface area contributed by atoms with Gasteiger partial charge in [0.2, 0.25) is 0 Å². The van der Waals surface area contributed by atoms with Crippen LogP contribution in [0.15, 0.2) is 148 Å². The molecule has 6 aromatic carbocycles. The van der Waals surface area contributed by atoms with E-state index >= 15 is 0 Å². The van der Waals surface area contributed by atoms with Crippen LogP contribution in [-0.4, -0.2) is 11.7 Å². The van der Waals surface area contributed by atoms with E-state index in [9.17, 15) is 0 Å². The van der Waals surface area contributed by atoms with Gasteiger partial charge in [0.05, 0.1) is 0 Å². The molecule has 0 spiro atoms. The van der Waals surface area contributed by atoms with E-state index in [2.05, 4.69) is 114 Å². The van der Waals surface area contributed by atoms with Crippen LogP contribution in [0.4, 0.5) is 0 Å². The van der Waals surface area contributed by atoms with Gasteiger partial charge in [0, 0.05) is 28.4 Å². The number of furan rings is 1. The molecule has 45 heavy (non-hydrogen) atoms. The zero-order chi connectivity index (χ0) is 29.7. The molecule has 0 aliphatic carbocycles. The lowest BCUT2D eigenvalue weighted by molar-refractivity contribution is 0.667. The van der Waals surface area contributed by atoms with Crippen LogP contribution in [0.3, 0.4) is 0 Å². The fourth-order valence-corrected chi connectivity index (χ4v) is 6.55. The number of aliphatic imine (C=N–C) groups is 2. The van der Waals surface area contributed by atoms with Gasteiger partial charge in [-0.2, -0.15) is 0 Å². The molecule has 5 nitrogen and oxygen atoms in total. The van der Waals surface area contributed by atoms with Gasteiger partial charge in [0.25, 0.3) is 0 Å². The average Bonchev–Trinajstić information content (AvgIpc) is 3.48. The van der Waals surface area contributed by atoms with Crippen molar-refractivity contribution in [2.75, 3.05) is 0 Å². The minimum Gasteiger partial charge on any atom is -0.456 e. The van der Waals surface area contributed by atoms with Crippen molar-refractivity contribution in [1.29, 1.82) is 0 Å². The summed E-state index contributed by atoms with van der Waals surface area (Å²) in [7, 11) is 0. The number of nitrogens with zero attached hydrogens (tertiary/aromatic N) is 2. The summed E-state index contributed by atoms with van der Waals surface area (Å²) in [6.07, 6.45) is 3.77. The largest absolute Gasteiger partial charge is 0.456 e. The molecule has 7 aromatic rings. The highest BCUT2D eigenvalue weighted by Gasteiger charge is 2.24. The molecule has 0 saturated carbocycles. The van der Waals surface area contributed by atoms with Gasteiger partial charge in [0.1, 0.15) is 23.2 Å². The lowest BCUT2D eigenvalue weighted by Gasteiger charge is -2.24. The van der Waals surface area contributed by atoms with Crippen LogP contribution in [0.25, 0.3) is 49.9 Å². The highest BCUT2D eigenvalue weighted by molar-refractivity contribution is 6.22. The van der Waals surface area contributed by atoms with Crippen molar-refractivity contribution in [3.8, 4) is 11.1 Å². The molecule has 1 unspecified atom stereocenters. The molecule has 0 bridgehead atoms. The first-order valence-corrected chi connectivity index (χ1v) is 15.2. The molecule has 1 atom stereocenters. The monoisotopic (exact) mass is 580 g/mol. The van der Waals surface area contributed by atoms with Crippen molar-refractivity contribution in [2.45, 2.75) is 12.7 Å². The zero-order valence-corrected chi connectivity index (χ0v) is 24.4. The van der Waals surface area contributed by atoms with Crippen LogP contribution in [0.1, 0.15) is 34.0 Å². The topological polar surface area (TPSA) is 61.9 Å². The number of amidine groups is 2. The summed E-state index contributed by atoms with van der Waals surface area (Å²) in [6, 6.07) is 44.5. The predicted octanol–water partition coefficient (Wildman–Crippen LogP) is 8.98. The van der Waals surface area contributed by atoms with Gasteiger partial charge in [-0.25, -0.2) is 9.98 Å². The maximum atomic E-state index is 6.39.